The molecular weight excluding hydrogens is 158 g/mol. The summed E-state index contributed by atoms with van der Waals surface area (Å²) < 4.78 is 0. The molecule has 1 aromatic rings. The van der Waals surface area contributed by atoms with Gasteiger partial charge in [-0.2, -0.15) is 5.26 Å². The van der Waals surface area contributed by atoms with Crippen LogP contribution in [0.25, 0.3) is 0 Å². The Labute approximate surface area is 68.1 Å². The summed E-state index contributed by atoms with van der Waals surface area (Å²) in [5, 5.41) is 10.5. The van der Waals surface area contributed by atoms with E-state index >= 15 is 0 Å². The Morgan fingerprint density at radius 1 is 1.73 bits per heavy atom. The number of nitrogens with zero attached hydrogens (tertiary/aromatic N) is 1. The molecule has 1 heterocycles. The molecule has 3 heteroatoms. The zero-order valence-electron chi connectivity index (χ0n) is 5.70. The quantitative estimate of drug-likeness (QED) is 0.583. The van der Waals surface area contributed by atoms with Gasteiger partial charge in [-0.15, -0.1) is 11.3 Å². The molecule has 1 aliphatic carbocycles. The number of rotatable bonds is 0. The molecule has 0 radical (unpaired) electrons. The number of nitriles is 1. The molecule has 1 atom stereocenters. The molecule has 0 fully saturated rings. The smallest absolute Gasteiger partial charge is 0.181 e. The van der Waals surface area contributed by atoms with Gasteiger partial charge in [-0.05, 0) is 11.4 Å². The number of fused-ring (bicyclic) bond motifs is 1. The predicted molar refractivity (Wildman–Crippen MR) is 41.5 cm³/mol. The van der Waals surface area contributed by atoms with Crippen LogP contribution in [0.4, 0.5) is 0 Å². The zero-order valence-corrected chi connectivity index (χ0v) is 6.52. The first-order chi connectivity index (χ1) is 5.33. The van der Waals surface area contributed by atoms with Crippen molar-refractivity contribution in [2.75, 3.05) is 0 Å². The molecule has 0 saturated carbocycles. The molecule has 54 valence electrons. The molecule has 0 N–H and O–H groups in total. The second kappa shape index (κ2) is 2.18. The molecule has 0 aromatic carbocycles. The molecule has 1 aliphatic rings. The Morgan fingerprint density at radius 2 is 2.55 bits per heavy atom. The van der Waals surface area contributed by atoms with E-state index in [1.165, 1.54) is 0 Å². The number of hydrogen-bond acceptors (Lipinski definition) is 3. The third kappa shape index (κ3) is 0.798. The molecule has 0 saturated heterocycles. The topological polar surface area (TPSA) is 40.9 Å². The number of thiophene rings is 1. The number of ketones is 1. The van der Waals surface area contributed by atoms with Crippen molar-refractivity contribution in [3.63, 3.8) is 0 Å². The van der Waals surface area contributed by atoms with Crippen LogP contribution >= 0.6 is 11.3 Å². The molecular formula is C8H5NOS. The summed E-state index contributed by atoms with van der Waals surface area (Å²) in [5.41, 5.74) is 0.765. The summed E-state index contributed by atoms with van der Waals surface area (Å²) in [4.78, 5) is 12.3. The van der Waals surface area contributed by atoms with E-state index in [1.54, 1.807) is 17.4 Å². The first-order valence-electron chi connectivity index (χ1n) is 3.33. The van der Waals surface area contributed by atoms with Crippen LogP contribution in [-0.2, 0) is 6.42 Å². The number of hydrogen-bond donors (Lipinski definition) is 0. The maximum atomic E-state index is 11.3. The highest BCUT2D eigenvalue weighted by Gasteiger charge is 2.30. The van der Waals surface area contributed by atoms with Gasteiger partial charge in [0.05, 0.1) is 6.07 Å². The van der Waals surface area contributed by atoms with Gasteiger partial charge in [-0.3, -0.25) is 4.79 Å². The standard InChI is InChI=1S/C8H5NOS/c9-4-5-3-7-6(8(5)10)1-2-11-7/h1-2,5H,3H2. The van der Waals surface area contributed by atoms with Crippen molar-refractivity contribution >= 4 is 17.1 Å². The number of carbonyl (C=O) groups is 1. The molecule has 2 rings (SSSR count). The van der Waals surface area contributed by atoms with E-state index in [0.29, 0.717) is 6.42 Å². The van der Waals surface area contributed by atoms with Gasteiger partial charge in [0.15, 0.2) is 5.78 Å². The van der Waals surface area contributed by atoms with Crippen LogP contribution in [0.1, 0.15) is 15.2 Å². The SMILES string of the molecule is N#CC1Cc2sccc2C1=O. The van der Waals surface area contributed by atoms with Gasteiger partial charge in [0, 0.05) is 16.9 Å². The van der Waals surface area contributed by atoms with Gasteiger partial charge in [-0.25, -0.2) is 0 Å². The van der Waals surface area contributed by atoms with Crippen molar-refractivity contribution in [1.82, 2.24) is 0 Å². The maximum Gasteiger partial charge on any atom is 0.181 e. The monoisotopic (exact) mass is 163 g/mol. The highest BCUT2D eigenvalue weighted by atomic mass is 32.1. The van der Waals surface area contributed by atoms with Crippen molar-refractivity contribution < 1.29 is 4.79 Å². The second-order valence-corrected chi connectivity index (χ2v) is 3.51. The molecule has 0 spiro atoms. The predicted octanol–water partition coefficient (Wildman–Crippen LogP) is 1.63. The van der Waals surface area contributed by atoms with Gasteiger partial charge in [-0.1, -0.05) is 0 Å². The first-order valence-corrected chi connectivity index (χ1v) is 4.21. The summed E-state index contributed by atoms with van der Waals surface area (Å²) >= 11 is 1.56. The number of carbonyl (C=O) groups excluding carboxylic acids is 1. The van der Waals surface area contributed by atoms with Crippen molar-refractivity contribution in [2.45, 2.75) is 6.42 Å². The third-order valence-electron chi connectivity index (χ3n) is 1.87. The molecule has 1 unspecified atom stereocenters. The molecule has 11 heavy (non-hydrogen) atoms. The summed E-state index contributed by atoms with van der Waals surface area (Å²) in [6, 6.07) is 3.81. The minimum atomic E-state index is -0.405. The van der Waals surface area contributed by atoms with E-state index in [4.69, 9.17) is 5.26 Å². The summed E-state index contributed by atoms with van der Waals surface area (Å²) in [5.74, 6) is -0.402. The highest BCUT2D eigenvalue weighted by Crippen LogP contribution is 2.30. The zero-order chi connectivity index (χ0) is 7.84. The Morgan fingerprint density at radius 3 is 3.18 bits per heavy atom. The van der Waals surface area contributed by atoms with Gasteiger partial charge >= 0.3 is 0 Å². The van der Waals surface area contributed by atoms with Gasteiger partial charge < -0.3 is 0 Å². The van der Waals surface area contributed by atoms with Crippen LogP contribution < -0.4 is 0 Å². The lowest BCUT2D eigenvalue weighted by molar-refractivity contribution is 0.0963. The van der Waals surface area contributed by atoms with Crippen LogP contribution in [0.15, 0.2) is 11.4 Å². The summed E-state index contributed by atoms with van der Waals surface area (Å²) in [6.45, 7) is 0. The van der Waals surface area contributed by atoms with E-state index in [2.05, 4.69) is 0 Å². The third-order valence-corrected chi connectivity index (χ3v) is 2.82. The van der Waals surface area contributed by atoms with Crippen molar-refractivity contribution in [1.29, 1.82) is 5.26 Å². The Bertz CT molecular complexity index is 347. The second-order valence-electron chi connectivity index (χ2n) is 2.51. The van der Waals surface area contributed by atoms with Gasteiger partial charge in [0.2, 0.25) is 0 Å². The summed E-state index contributed by atoms with van der Waals surface area (Å²) in [7, 11) is 0. The lowest BCUT2D eigenvalue weighted by Gasteiger charge is -1.90. The molecule has 2 nitrogen and oxygen atoms in total. The van der Waals surface area contributed by atoms with E-state index in [-0.39, 0.29) is 5.78 Å². The van der Waals surface area contributed by atoms with E-state index in [9.17, 15) is 4.79 Å². The fourth-order valence-corrected chi connectivity index (χ4v) is 2.22. The molecule has 1 aromatic heterocycles. The van der Waals surface area contributed by atoms with Crippen molar-refractivity contribution in [3.05, 3.63) is 21.9 Å². The van der Waals surface area contributed by atoms with Crippen LogP contribution in [0.3, 0.4) is 0 Å². The summed E-state index contributed by atoms with van der Waals surface area (Å²) in [6.07, 6.45) is 0.627. The molecule has 0 amide bonds. The van der Waals surface area contributed by atoms with Gasteiger partial charge in [0.1, 0.15) is 5.92 Å². The first kappa shape index (κ1) is 6.56. The van der Waals surface area contributed by atoms with Crippen LogP contribution in [0.5, 0.6) is 0 Å². The number of Topliss-reactive ketones (excluding diaryl/α,β-unsaturated/α-hetero) is 1. The van der Waals surface area contributed by atoms with Gasteiger partial charge in [0.25, 0.3) is 0 Å². The van der Waals surface area contributed by atoms with Crippen molar-refractivity contribution in [3.8, 4) is 6.07 Å². The Hall–Kier alpha value is -1.14. The lowest BCUT2D eigenvalue weighted by Crippen LogP contribution is -2.05. The average molecular weight is 163 g/mol. The fraction of sp³-hybridized carbons (Fsp3) is 0.250. The molecule has 0 aliphatic heterocycles. The maximum absolute atomic E-state index is 11.3. The largest absolute Gasteiger partial charge is 0.293 e. The van der Waals surface area contributed by atoms with Crippen LogP contribution in [0.2, 0.25) is 0 Å². The van der Waals surface area contributed by atoms with Crippen LogP contribution in [-0.4, -0.2) is 5.78 Å². The van der Waals surface area contributed by atoms with Crippen molar-refractivity contribution in [2.24, 2.45) is 5.92 Å². The normalized spacial score (nSPS) is 21.4. The fourth-order valence-electron chi connectivity index (χ4n) is 1.29. The molecule has 0 bridgehead atoms. The van der Waals surface area contributed by atoms with E-state index < -0.39 is 5.92 Å². The minimum Gasteiger partial charge on any atom is -0.293 e. The Balaban J connectivity index is 2.47. The lowest BCUT2D eigenvalue weighted by atomic mass is 10.1. The average Bonchev–Trinajstić information content (AvgIpc) is 2.53. The van der Waals surface area contributed by atoms with Crippen LogP contribution in [0, 0.1) is 17.2 Å². The Kier molecular flexibility index (Phi) is 1.30. The van der Waals surface area contributed by atoms with E-state index in [0.717, 1.165) is 10.4 Å². The van der Waals surface area contributed by atoms with E-state index in [1.807, 2.05) is 11.4 Å². The minimum absolute atomic E-state index is 0.00347. The highest BCUT2D eigenvalue weighted by molar-refractivity contribution is 7.10.